The first-order valence-electron chi connectivity index (χ1n) is 6.43. The van der Waals surface area contributed by atoms with Gasteiger partial charge >= 0.3 is 18.4 Å². The fourth-order valence-corrected chi connectivity index (χ4v) is 1.72. The molecule has 8 nitrogen and oxygen atoms in total. The molecule has 0 aliphatic rings. The van der Waals surface area contributed by atoms with E-state index in [1.807, 2.05) is 5.43 Å². The maximum Gasteiger partial charge on any atom is 0.435 e. The SMILES string of the molecule is Nc1c(NNC(=O)O)nc(-c2ccc(C(F)(F)F)nc2)nc1C(F)(F)F. The van der Waals surface area contributed by atoms with E-state index in [9.17, 15) is 31.1 Å². The Balaban J connectivity index is 2.54. The van der Waals surface area contributed by atoms with Crippen LogP contribution in [0.25, 0.3) is 11.4 Å². The van der Waals surface area contributed by atoms with E-state index < -0.39 is 47.2 Å². The van der Waals surface area contributed by atoms with E-state index in [0.29, 0.717) is 12.3 Å². The molecule has 1 amide bonds. The number of hydrogen-bond donors (Lipinski definition) is 4. The normalized spacial score (nSPS) is 11.9. The molecule has 0 aliphatic heterocycles. The van der Waals surface area contributed by atoms with Crippen LogP contribution in [0.5, 0.6) is 0 Å². The molecule has 0 unspecified atom stereocenters. The minimum absolute atomic E-state index is 0.276. The van der Waals surface area contributed by atoms with Crippen molar-refractivity contribution in [2.24, 2.45) is 0 Å². The number of anilines is 2. The van der Waals surface area contributed by atoms with E-state index in [1.165, 1.54) is 0 Å². The van der Waals surface area contributed by atoms with Gasteiger partial charge in [-0.3, -0.25) is 10.4 Å². The Labute approximate surface area is 140 Å². The third-order valence-electron chi connectivity index (χ3n) is 2.81. The Morgan fingerprint density at radius 1 is 1.08 bits per heavy atom. The Hall–Kier alpha value is -3.32. The summed E-state index contributed by atoms with van der Waals surface area (Å²) in [5, 5.41) is 8.49. The van der Waals surface area contributed by atoms with Crippen molar-refractivity contribution in [3.8, 4) is 11.4 Å². The van der Waals surface area contributed by atoms with Crippen LogP contribution in [0.1, 0.15) is 11.4 Å². The van der Waals surface area contributed by atoms with E-state index in [4.69, 9.17) is 10.8 Å². The number of rotatable bonds is 3. The van der Waals surface area contributed by atoms with Crippen molar-refractivity contribution in [2.45, 2.75) is 12.4 Å². The predicted octanol–water partition coefficient (Wildman–Crippen LogP) is 2.75. The van der Waals surface area contributed by atoms with Gasteiger partial charge in [0.2, 0.25) is 0 Å². The second-order valence-corrected chi connectivity index (χ2v) is 4.64. The van der Waals surface area contributed by atoms with Gasteiger partial charge in [-0.1, -0.05) is 0 Å². The third-order valence-corrected chi connectivity index (χ3v) is 2.81. The number of nitrogens with two attached hydrogens (primary N) is 1. The van der Waals surface area contributed by atoms with Crippen LogP contribution < -0.4 is 16.6 Å². The van der Waals surface area contributed by atoms with Gasteiger partial charge in [0.15, 0.2) is 17.3 Å². The molecule has 14 heteroatoms. The van der Waals surface area contributed by atoms with Crippen molar-refractivity contribution in [1.29, 1.82) is 0 Å². The van der Waals surface area contributed by atoms with Gasteiger partial charge in [0.05, 0.1) is 0 Å². The average molecular weight is 382 g/mol. The topological polar surface area (TPSA) is 126 Å². The summed E-state index contributed by atoms with van der Waals surface area (Å²) >= 11 is 0. The molecule has 2 aromatic heterocycles. The molecule has 0 radical (unpaired) electrons. The number of carbonyl (C=O) groups is 1. The van der Waals surface area contributed by atoms with Crippen LogP contribution in [0.2, 0.25) is 0 Å². The van der Waals surface area contributed by atoms with Gasteiger partial charge in [-0.05, 0) is 12.1 Å². The summed E-state index contributed by atoms with van der Waals surface area (Å²) in [7, 11) is 0. The minimum Gasteiger partial charge on any atom is -0.464 e. The molecule has 2 rings (SSSR count). The van der Waals surface area contributed by atoms with Crippen LogP contribution in [0.15, 0.2) is 18.3 Å². The fourth-order valence-electron chi connectivity index (χ4n) is 1.72. The quantitative estimate of drug-likeness (QED) is 0.475. The summed E-state index contributed by atoms with van der Waals surface area (Å²) in [4.78, 5) is 20.3. The van der Waals surface area contributed by atoms with Crippen LogP contribution in [-0.4, -0.2) is 26.2 Å². The number of pyridine rings is 1. The molecule has 0 saturated heterocycles. The maximum absolute atomic E-state index is 13.0. The second kappa shape index (κ2) is 6.53. The van der Waals surface area contributed by atoms with Gasteiger partial charge in [0.25, 0.3) is 0 Å². The first kappa shape index (κ1) is 19.0. The lowest BCUT2D eigenvalue weighted by atomic mass is 10.2. The Morgan fingerprint density at radius 3 is 2.19 bits per heavy atom. The summed E-state index contributed by atoms with van der Waals surface area (Å²) in [5.41, 5.74) is 4.53. The van der Waals surface area contributed by atoms with E-state index >= 15 is 0 Å². The van der Waals surface area contributed by atoms with Crippen LogP contribution in [-0.2, 0) is 12.4 Å². The molecule has 5 N–H and O–H groups in total. The molecule has 2 aromatic rings. The van der Waals surface area contributed by atoms with E-state index in [2.05, 4.69) is 15.0 Å². The number of halogens is 6. The third kappa shape index (κ3) is 4.20. The lowest BCUT2D eigenvalue weighted by Gasteiger charge is -2.15. The lowest BCUT2D eigenvalue weighted by Crippen LogP contribution is -2.29. The molecule has 0 atom stereocenters. The van der Waals surface area contributed by atoms with Crippen molar-refractivity contribution in [1.82, 2.24) is 20.4 Å². The molecule has 0 fully saturated rings. The monoisotopic (exact) mass is 382 g/mol. The van der Waals surface area contributed by atoms with Gasteiger partial charge in [-0.2, -0.15) is 26.3 Å². The molecule has 2 heterocycles. The molecule has 0 bridgehead atoms. The fraction of sp³-hybridized carbons (Fsp3) is 0.167. The van der Waals surface area contributed by atoms with Crippen LogP contribution in [0, 0.1) is 0 Å². The molecular formula is C12H8F6N6O2. The van der Waals surface area contributed by atoms with E-state index in [-0.39, 0.29) is 5.56 Å². The number of amides is 1. The summed E-state index contributed by atoms with van der Waals surface area (Å²) in [6, 6.07) is 1.35. The highest BCUT2D eigenvalue weighted by atomic mass is 19.4. The van der Waals surface area contributed by atoms with E-state index in [1.54, 1.807) is 5.43 Å². The molecule has 0 saturated carbocycles. The number of hydrazine groups is 1. The highest BCUT2D eigenvalue weighted by Crippen LogP contribution is 2.36. The summed E-state index contributed by atoms with van der Waals surface area (Å²) in [5.74, 6) is -1.40. The van der Waals surface area contributed by atoms with Gasteiger partial charge in [0.1, 0.15) is 11.4 Å². The average Bonchev–Trinajstić information content (AvgIpc) is 2.52. The molecule has 26 heavy (non-hydrogen) atoms. The zero-order chi connectivity index (χ0) is 19.7. The highest BCUT2D eigenvalue weighted by Gasteiger charge is 2.37. The predicted molar refractivity (Wildman–Crippen MR) is 74.5 cm³/mol. The van der Waals surface area contributed by atoms with Gasteiger partial charge in [-0.15, -0.1) is 0 Å². The maximum atomic E-state index is 13.0. The molecule has 0 spiro atoms. The second-order valence-electron chi connectivity index (χ2n) is 4.64. The number of carboxylic acid groups (broad SMARTS) is 1. The molecular weight excluding hydrogens is 374 g/mol. The molecule has 140 valence electrons. The van der Waals surface area contributed by atoms with Gasteiger partial charge in [-0.25, -0.2) is 20.2 Å². The number of aromatic nitrogens is 3. The minimum atomic E-state index is -5.03. The van der Waals surface area contributed by atoms with Crippen molar-refractivity contribution in [2.75, 3.05) is 11.2 Å². The number of nitrogens with zero attached hydrogens (tertiary/aromatic N) is 3. The van der Waals surface area contributed by atoms with Crippen molar-refractivity contribution in [3.63, 3.8) is 0 Å². The standard InChI is InChI=1S/C12H8F6N6O2/c13-11(14,15)5-2-1-4(3-20-5)8-21-7(12(16,17)18)6(19)9(22-8)23-24-10(25)26/h1-3,24H,19H2,(H,25,26)(H,21,22,23). The molecule has 0 aliphatic carbocycles. The summed E-state index contributed by atoms with van der Waals surface area (Å²) in [6.45, 7) is 0. The Bertz CT molecular complexity index is 821. The van der Waals surface area contributed by atoms with Crippen LogP contribution >= 0.6 is 0 Å². The Kier molecular flexibility index (Phi) is 4.77. The first-order chi connectivity index (χ1) is 11.9. The van der Waals surface area contributed by atoms with E-state index in [0.717, 1.165) is 6.07 Å². The summed E-state index contributed by atoms with van der Waals surface area (Å²) in [6.07, 6.45) is -10.8. The van der Waals surface area contributed by atoms with Gasteiger partial charge < -0.3 is 10.8 Å². The zero-order valence-corrected chi connectivity index (χ0v) is 12.3. The Morgan fingerprint density at radius 2 is 1.73 bits per heavy atom. The number of nitrogens with one attached hydrogen (secondary N) is 2. The highest BCUT2D eigenvalue weighted by molar-refractivity contribution is 5.72. The van der Waals surface area contributed by atoms with Crippen LogP contribution in [0.4, 0.5) is 42.6 Å². The van der Waals surface area contributed by atoms with Gasteiger partial charge in [0, 0.05) is 11.8 Å². The largest absolute Gasteiger partial charge is 0.464 e. The smallest absolute Gasteiger partial charge is 0.435 e. The zero-order valence-electron chi connectivity index (χ0n) is 12.3. The number of alkyl halides is 6. The van der Waals surface area contributed by atoms with Crippen molar-refractivity contribution < 1.29 is 36.2 Å². The number of hydrogen-bond acceptors (Lipinski definition) is 6. The summed E-state index contributed by atoms with van der Waals surface area (Å²) < 4.78 is 76.6. The van der Waals surface area contributed by atoms with Crippen molar-refractivity contribution >= 4 is 17.6 Å². The van der Waals surface area contributed by atoms with Crippen LogP contribution in [0.3, 0.4) is 0 Å². The molecule has 0 aromatic carbocycles. The number of nitrogen functional groups attached to an aromatic ring is 1. The van der Waals surface area contributed by atoms with Crippen molar-refractivity contribution in [3.05, 3.63) is 29.7 Å². The lowest BCUT2D eigenvalue weighted by molar-refractivity contribution is -0.141. The first-order valence-corrected chi connectivity index (χ1v) is 6.43.